The Labute approximate surface area is 126 Å². The summed E-state index contributed by atoms with van der Waals surface area (Å²) >= 11 is 12.5. The highest BCUT2D eigenvalue weighted by atomic mass is 35.5. The molecule has 0 saturated carbocycles. The predicted octanol–water partition coefficient (Wildman–Crippen LogP) is 3.96. The monoisotopic (exact) mass is 300 g/mol. The second-order valence-corrected chi connectivity index (χ2v) is 6.34. The molecule has 1 fully saturated rings. The second-order valence-electron chi connectivity index (χ2n) is 5.53. The van der Waals surface area contributed by atoms with Crippen LogP contribution in [0.4, 0.5) is 0 Å². The molecule has 1 heterocycles. The number of likely N-dealkylation sites (tertiary alicyclic amines) is 1. The van der Waals surface area contributed by atoms with Crippen molar-refractivity contribution in [3.63, 3.8) is 0 Å². The molecule has 0 amide bonds. The first-order valence-electron chi connectivity index (χ1n) is 6.98. The Balaban J connectivity index is 2.01. The molecule has 1 aromatic rings. The lowest BCUT2D eigenvalue weighted by atomic mass is 10.1. The van der Waals surface area contributed by atoms with E-state index < -0.39 is 0 Å². The standard InChI is InChI=1S/C15H22Cl2N2/c1-11(2)18-9-12-5-4-8-19(12)10-13-14(16)6-3-7-15(13)17/h3,6-7,11-12,18H,4-5,8-10H2,1-2H3. The minimum Gasteiger partial charge on any atom is -0.313 e. The molecule has 1 N–H and O–H groups in total. The van der Waals surface area contributed by atoms with Crippen LogP contribution in [-0.2, 0) is 6.54 Å². The molecule has 0 aliphatic carbocycles. The van der Waals surface area contributed by atoms with Crippen molar-refractivity contribution in [3.05, 3.63) is 33.8 Å². The molecule has 1 aliphatic rings. The van der Waals surface area contributed by atoms with Gasteiger partial charge in [0.2, 0.25) is 0 Å². The summed E-state index contributed by atoms with van der Waals surface area (Å²) in [5.74, 6) is 0. The fraction of sp³-hybridized carbons (Fsp3) is 0.600. The van der Waals surface area contributed by atoms with Gasteiger partial charge in [-0.15, -0.1) is 0 Å². The van der Waals surface area contributed by atoms with E-state index in [1.807, 2.05) is 18.2 Å². The van der Waals surface area contributed by atoms with Crippen molar-refractivity contribution in [2.45, 2.75) is 45.3 Å². The predicted molar refractivity (Wildman–Crippen MR) is 83.0 cm³/mol. The fourth-order valence-corrected chi connectivity index (χ4v) is 3.11. The first-order valence-corrected chi connectivity index (χ1v) is 7.74. The molecule has 0 spiro atoms. The van der Waals surface area contributed by atoms with E-state index in [9.17, 15) is 0 Å². The van der Waals surface area contributed by atoms with Crippen LogP contribution in [-0.4, -0.2) is 30.1 Å². The van der Waals surface area contributed by atoms with Crippen LogP contribution < -0.4 is 5.32 Å². The Bertz CT molecular complexity index is 400. The van der Waals surface area contributed by atoms with E-state index in [0.29, 0.717) is 12.1 Å². The normalized spacial score (nSPS) is 20.4. The zero-order valence-electron chi connectivity index (χ0n) is 11.6. The molecule has 1 unspecified atom stereocenters. The number of rotatable bonds is 5. The Morgan fingerprint density at radius 3 is 2.63 bits per heavy atom. The lowest BCUT2D eigenvalue weighted by molar-refractivity contribution is 0.236. The van der Waals surface area contributed by atoms with Gasteiger partial charge in [-0.2, -0.15) is 0 Å². The van der Waals surface area contributed by atoms with Crippen LogP contribution in [0.15, 0.2) is 18.2 Å². The molecular formula is C15H22Cl2N2. The van der Waals surface area contributed by atoms with E-state index >= 15 is 0 Å². The number of nitrogens with zero attached hydrogens (tertiary/aromatic N) is 1. The lowest BCUT2D eigenvalue weighted by Crippen LogP contribution is -2.39. The van der Waals surface area contributed by atoms with E-state index in [4.69, 9.17) is 23.2 Å². The quantitative estimate of drug-likeness (QED) is 0.885. The average molecular weight is 301 g/mol. The Morgan fingerprint density at radius 2 is 2.00 bits per heavy atom. The summed E-state index contributed by atoms with van der Waals surface area (Å²) in [6.45, 7) is 7.39. The minimum atomic E-state index is 0.534. The van der Waals surface area contributed by atoms with Crippen molar-refractivity contribution in [2.75, 3.05) is 13.1 Å². The summed E-state index contributed by atoms with van der Waals surface area (Å²) in [6, 6.07) is 6.86. The maximum atomic E-state index is 6.26. The molecule has 1 atom stereocenters. The van der Waals surface area contributed by atoms with Gasteiger partial charge in [0.15, 0.2) is 0 Å². The van der Waals surface area contributed by atoms with E-state index in [1.54, 1.807) is 0 Å². The summed E-state index contributed by atoms with van der Waals surface area (Å²) in [5.41, 5.74) is 1.06. The fourth-order valence-electron chi connectivity index (χ4n) is 2.59. The number of hydrogen-bond acceptors (Lipinski definition) is 2. The highest BCUT2D eigenvalue weighted by molar-refractivity contribution is 6.35. The third kappa shape index (κ3) is 4.09. The van der Waals surface area contributed by atoms with Gasteiger partial charge in [-0.3, -0.25) is 4.90 Å². The largest absolute Gasteiger partial charge is 0.313 e. The van der Waals surface area contributed by atoms with E-state index in [-0.39, 0.29) is 0 Å². The van der Waals surface area contributed by atoms with E-state index in [2.05, 4.69) is 24.1 Å². The first kappa shape index (κ1) is 15.1. The van der Waals surface area contributed by atoms with Gasteiger partial charge >= 0.3 is 0 Å². The van der Waals surface area contributed by atoms with Crippen molar-refractivity contribution < 1.29 is 0 Å². The first-order chi connectivity index (χ1) is 9.08. The molecule has 19 heavy (non-hydrogen) atoms. The van der Waals surface area contributed by atoms with Gasteiger partial charge in [0, 0.05) is 40.8 Å². The van der Waals surface area contributed by atoms with Crippen molar-refractivity contribution in [1.29, 1.82) is 0 Å². The number of hydrogen-bond donors (Lipinski definition) is 1. The third-order valence-corrected chi connectivity index (χ3v) is 4.39. The minimum absolute atomic E-state index is 0.534. The van der Waals surface area contributed by atoms with Crippen LogP contribution >= 0.6 is 23.2 Å². The van der Waals surface area contributed by atoms with Gasteiger partial charge in [-0.25, -0.2) is 0 Å². The topological polar surface area (TPSA) is 15.3 Å². The van der Waals surface area contributed by atoms with Gasteiger partial charge < -0.3 is 5.32 Å². The lowest BCUT2D eigenvalue weighted by Gasteiger charge is -2.26. The van der Waals surface area contributed by atoms with Crippen molar-refractivity contribution in [1.82, 2.24) is 10.2 Å². The summed E-state index contributed by atoms with van der Waals surface area (Å²) in [6.07, 6.45) is 2.51. The molecule has 1 saturated heterocycles. The molecule has 1 aliphatic heterocycles. The molecular weight excluding hydrogens is 279 g/mol. The Kier molecular flexibility index (Phi) is 5.52. The number of nitrogens with one attached hydrogen (secondary N) is 1. The van der Waals surface area contributed by atoms with Crippen molar-refractivity contribution in [3.8, 4) is 0 Å². The SMILES string of the molecule is CC(C)NCC1CCCN1Cc1c(Cl)cccc1Cl. The maximum Gasteiger partial charge on any atom is 0.0465 e. The van der Waals surface area contributed by atoms with E-state index in [1.165, 1.54) is 12.8 Å². The smallest absolute Gasteiger partial charge is 0.0465 e. The van der Waals surface area contributed by atoms with Gasteiger partial charge in [0.25, 0.3) is 0 Å². The van der Waals surface area contributed by atoms with Crippen LogP contribution in [0.1, 0.15) is 32.3 Å². The summed E-state index contributed by atoms with van der Waals surface area (Å²) < 4.78 is 0. The molecule has 4 heteroatoms. The zero-order valence-corrected chi connectivity index (χ0v) is 13.1. The second kappa shape index (κ2) is 6.94. The molecule has 1 aromatic carbocycles. The third-order valence-electron chi connectivity index (χ3n) is 3.68. The highest BCUT2D eigenvalue weighted by Crippen LogP contribution is 2.28. The number of halogens is 2. The molecule has 2 rings (SSSR count). The van der Waals surface area contributed by atoms with Crippen LogP contribution in [0, 0.1) is 0 Å². The molecule has 106 valence electrons. The van der Waals surface area contributed by atoms with Crippen molar-refractivity contribution in [2.24, 2.45) is 0 Å². The highest BCUT2D eigenvalue weighted by Gasteiger charge is 2.25. The van der Waals surface area contributed by atoms with Crippen LogP contribution in [0.3, 0.4) is 0 Å². The Hall–Kier alpha value is -0.280. The van der Waals surface area contributed by atoms with Gasteiger partial charge in [0.1, 0.15) is 0 Å². The van der Waals surface area contributed by atoms with E-state index in [0.717, 1.165) is 35.2 Å². The summed E-state index contributed by atoms with van der Waals surface area (Å²) in [5, 5.41) is 5.07. The number of benzene rings is 1. The van der Waals surface area contributed by atoms with Crippen LogP contribution in [0.25, 0.3) is 0 Å². The molecule has 2 nitrogen and oxygen atoms in total. The van der Waals surface area contributed by atoms with Gasteiger partial charge in [0.05, 0.1) is 0 Å². The molecule has 0 bridgehead atoms. The molecule has 0 aromatic heterocycles. The molecule has 0 radical (unpaired) electrons. The van der Waals surface area contributed by atoms with Gasteiger partial charge in [-0.05, 0) is 31.5 Å². The summed E-state index contributed by atoms with van der Waals surface area (Å²) in [7, 11) is 0. The van der Waals surface area contributed by atoms with Crippen molar-refractivity contribution >= 4 is 23.2 Å². The summed E-state index contributed by atoms with van der Waals surface area (Å²) in [4.78, 5) is 2.49. The zero-order chi connectivity index (χ0) is 13.8. The van der Waals surface area contributed by atoms with Crippen LogP contribution in [0.5, 0.6) is 0 Å². The Morgan fingerprint density at radius 1 is 1.32 bits per heavy atom. The average Bonchev–Trinajstić information content (AvgIpc) is 2.79. The maximum absolute atomic E-state index is 6.26. The van der Waals surface area contributed by atoms with Gasteiger partial charge in [-0.1, -0.05) is 43.1 Å². The van der Waals surface area contributed by atoms with Crippen LogP contribution in [0.2, 0.25) is 10.0 Å².